The van der Waals surface area contributed by atoms with Crippen molar-refractivity contribution in [2.45, 2.75) is 38.3 Å². The fourth-order valence-corrected chi connectivity index (χ4v) is 1.97. The van der Waals surface area contributed by atoms with Crippen molar-refractivity contribution in [1.82, 2.24) is 9.78 Å². The molecule has 2 rings (SSSR count). The summed E-state index contributed by atoms with van der Waals surface area (Å²) in [6.07, 6.45) is 8.99. The number of anilines is 1. The fourth-order valence-electron chi connectivity index (χ4n) is 1.97. The molecule has 1 fully saturated rings. The maximum absolute atomic E-state index is 8.73. The number of nitrogens with one attached hydrogen (secondary N) is 1. The molecular weight excluding hydrogens is 178 g/mol. The Kier molecular flexibility index (Phi) is 3.03. The Balaban J connectivity index is 1.88. The van der Waals surface area contributed by atoms with Crippen LogP contribution in [0.3, 0.4) is 0 Å². The molecule has 0 spiro atoms. The summed E-state index contributed by atoms with van der Waals surface area (Å²) in [5, 5.41) is 16.3. The van der Waals surface area contributed by atoms with Crippen LogP contribution in [-0.4, -0.2) is 27.5 Å². The standard InChI is InChI=1S/C10H17N3O/c14-6-5-13-8-10(7-11-13)12-9-3-1-2-4-9/h7-9,12,14H,1-6H2. The highest BCUT2D eigenvalue weighted by Crippen LogP contribution is 2.21. The number of hydrogen-bond donors (Lipinski definition) is 2. The van der Waals surface area contributed by atoms with Crippen LogP contribution in [0, 0.1) is 0 Å². The van der Waals surface area contributed by atoms with E-state index in [9.17, 15) is 0 Å². The van der Waals surface area contributed by atoms with Crippen LogP contribution in [0.15, 0.2) is 12.4 Å². The van der Waals surface area contributed by atoms with E-state index in [0.717, 1.165) is 5.69 Å². The first-order chi connectivity index (χ1) is 6.88. The summed E-state index contributed by atoms with van der Waals surface area (Å²) < 4.78 is 1.76. The SMILES string of the molecule is OCCn1cc(NC2CCCC2)cn1. The van der Waals surface area contributed by atoms with Gasteiger partial charge in [0.1, 0.15) is 0 Å². The van der Waals surface area contributed by atoms with Crippen LogP contribution in [0.2, 0.25) is 0 Å². The average molecular weight is 195 g/mol. The molecule has 0 atom stereocenters. The number of rotatable bonds is 4. The number of aliphatic hydroxyl groups is 1. The van der Waals surface area contributed by atoms with Crippen molar-refractivity contribution < 1.29 is 5.11 Å². The van der Waals surface area contributed by atoms with E-state index >= 15 is 0 Å². The summed E-state index contributed by atoms with van der Waals surface area (Å²) in [7, 11) is 0. The lowest BCUT2D eigenvalue weighted by Crippen LogP contribution is -2.13. The van der Waals surface area contributed by atoms with Gasteiger partial charge in [0, 0.05) is 12.2 Å². The third kappa shape index (κ3) is 2.26. The first kappa shape index (κ1) is 9.52. The molecule has 0 saturated heterocycles. The first-order valence-electron chi connectivity index (χ1n) is 5.28. The summed E-state index contributed by atoms with van der Waals surface area (Å²) in [5.74, 6) is 0. The van der Waals surface area contributed by atoms with E-state index in [-0.39, 0.29) is 6.61 Å². The third-order valence-electron chi connectivity index (χ3n) is 2.69. The minimum absolute atomic E-state index is 0.143. The highest BCUT2D eigenvalue weighted by Gasteiger charge is 2.14. The van der Waals surface area contributed by atoms with E-state index in [1.807, 2.05) is 12.4 Å². The van der Waals surface area contributed by atoms with Crippen molar-refractivity contribution in [3.05, 3.63) is 12.4 Å². The van der Waals surface area contributed by atoms with Gasteiger partial charge in [0.15, 0.2) is 0 Å². The lowest BCUT2D eigenvalue weighted by atomic mass is 10.2. The number of aliphatic hydroxyl groups excluding tert-OH is 1. The highest BCUT2D eigenvalue weighted by atomic mass is 16.3. The molecule has 1 heterocycles. The van der Waals surface area contributed by atoms with Crippen molar-refractivity contribution in [1.29, 1.82) is 0 Å². The molecule has 1 aliphatic rings. The van der Waals surface area contributed by atoms with Gasteiger partial charge in [0.25, 0.3) is 0 Å². The van der Waals surface area contributed by atoms with Crippen molar-refractivity contribution in [3.63, 3.8) is 0 Å². The van der Waals surface area contributed by atoms with E-state index < -0.39 is 0 Å². The van der Waals surface area contributed by atoms with Gasteiger partial charge in [-0.15, -0.1) is 0 Å². The van der Waals surface area contributed by atoms with Crippen LogP contribution in [-0.2, 0) is 6.54 Å². The Morgan fingerprint density at radius 2 is 2.29 bits per heavy atom. The Labute approximate surface area is 83.9 Å². The van der Waals surface area contributed by atoms with Gasteiger partial charge >= 0.3 is 0 Å². The van der Waals surface area contributed by atoms with Crippen molar-refractivity contribution in [2.75, 3.05) is 11.9 Å². The summed E-state index contributed by atoms with van der Waals surface area (Å²) >= 11 is 0. The molecule has 0 aromatic carbocycles. The van der Waals surface area contributed by atoms with Gasteiger partial charge in [0.05, 0.1) is 25.0 Å². The maximum Gasteiger partial charge on any atom is 0.0728 e. The number of aromatic nitrogens is 2. The Bertz CT molecular complexity index is 279. The predicted molar refractivity (Wildman–Crippen MR) is 55.2 cm³/mol. The molecule has 0 radical (unpaired) electrons. The fraction of sp³-hybridized carbons (Fsp3) is 0.700. The van der Waals surface area contributed by atoms with E-state index in [4.69, 9.17) is 5.11 Å². The second-order valence-corrected chi connectivity index (χ2v) is 3.84. The molecular formula is C10H17N3O. The van der Waals surface area contributed by atoms with Crippen LogP contribution < -0.4 is 5.32 Å². The lowest BCUT2D eigenvalue weighted by Gasteiger charge is -2.10. The molecule has 1 saturated carbocycles. The van der Waals surface area contributed by atoms with Gasteiger partial charge in [0.2, 0.25) is 0 Å². The molecule has 2 N–H and O–H groups in total. The van der Waals surface area contributed by atoms with Crippen LogP contribution >= 0.6 is 0 Å². The quantitative estimate of drug-likeness (QED) is 0.759. The molecule has 1 aromatic rings. The smallest absolute Gasteiger partial charge is 0.0728 e. The van der Waals surface area contributed by atoms with Gasteiger partial charge in [-0.3, -0.25) is 4.68 Å². The van der Waals surface area contributed by atoms with Crippen molar-refractivity contribution in [2.24, 2.45) is 0 Å². The molecule has 1 aliphatic carbocycles. The van der Waals surface area contributed by atoms with E-state index in [0.29, 0.717) is 12.6 Å². The monoisotopic (exact) mass is 195 g/mol. The summed E-state index contributed by atoms with van der Waals surface area (Å²) in [5.41, 5.74) is 1.07. The first-order valence-corrected chi connectivity index (χ1v) is 5.28. The van der Waals surface area contributed by atoms with Crippen LogP contribution in [0.1, 0.15) is 25.7 Å². The summed E-state index contributed by atoms with van der Waals surface area (Å²) in [6.45, 7) is 0.719. The molecule has 0 bridgehead atoms. The van der Waals surface area contributed by atoms with Crippen molar-refractivity contribution >= 4 is 5.69 Å². The second kappa shape index (κ2) is 4.46. The molecule has 78 valence electrons. The molecule has 0 unspecified atom stereocenters. The Hall–Kier alpha value is -1.03. The molecule has 0 aliphatic heterocycles. The molecule has 4 nitrogen and oxygen atoms in total. The maximum atomic E-state index is 8.73. The van der Waals surface area contributed by atoms with Gasteiger partial charge in [-0.25, -0.2) is 0 Å². The van der Waals surface area contributed by atoms with Gasteiger partial charge in [-0.2, -0.15) is 5.10 Å². The number of nitrogens with zero attached hydrogens (tertiary/aromatic N) is 2. The van der Waals surface area contributed by atoms with Gasteiger partial charge in [-0.1, -0.05) is 12.8 Å². The number of hydrogen-bond acceptors (Lipinski definition) is 3. The topological polar surface area (TPSA) is 50.1 Å². The largest absolute Gasteiger partial charge is 0.394 e. The zero-order valence-corrected chi connectivity index (χ0v) is 8.32. The highest BCUT2D eigenvalue weighted by molar-refractivity contribution is 5.39. The molecule has 0 amide bonds. The molecule has 1 aromatic heterocycles. The zero-order valence-electron chi connectivity index (χ0n) is 8.32. The lowest BCUT2D eigenvalue weighted by molar-refractivity contribution is 0.269. The van der Waals surface area contributed by atoms with E-state index in [1.54, 1.807) is 4.68 Å². The molecule has 4 heteroatoms. The Morgan fingerprint density at radius 3 is 3.00 bits per heavy atom. The van der Waals surface area contributed by atoms with E-state index in [2.05, 4.69) is 10.4 Å². The minimum atomic E-state index is 0.143. The normalized spacial score (nSPS) is 17.5. The Morgan fingerprint density at radius 1 is 1.50 bits per heavy atom. The van der Waals surface area contributed by atoms with Gasteiger partial charge in [-0.05, 0) is 12.8 Å². The van der Waals surface area contributed by atoms with Crippen molar-refractivity contribution in [3.8, 4) is 0 Å². The summed E-state index contributed by atoms with van der Waals surface area (Å²) in [4.78, 5) is 0. The minimum Gasteiger partial charge on any atom is -0.394 e. The predicted octanol–water partition coefficient (Wildman–Crippen LogP) is 1.23. The van der Waals surface area contributed by atoms with Crippen LogP contribution in [0.4, 0.5) is 5.69 Å². The third-order valence-corrected chi connectivity index (χ3v) is 2.69. The van der Waals surface area contributed by atoms with Gasteiger partial charge < -0.3 is 10.4 Å². The second-order valence-electron chi connectivity index (χ2n) is 3.84. The van der Waals surface area contributed by atoms with E-state index in [1.165, 1.54) is 25.7 Å². The van der Waals surface area contributed by atoms with Crippen LogP contribution in [0.5, 0.6) is 0 Å². The molecule has 14 heavy (non-hydrogen) atoms. The summed E-state index contributed by atoms with van der Waals surface area (Å²) in [6, 6.07) is 0.627. The van der Waals surface area contributed by atoms with Crippen LogP contribution in [0.25, 0.3) is 0 Å². The average Bonchev–Trinajstić information content (AvgIpc) is 2.79. The zero-order chi connectivity index (χ0) is 9.80.